The van der Waals surface area contributed by atoms with Gasteiger partial charge in [0, 0.05) is 32.7 Å². The summed E-state index contributed by atoms with van der Waals surface area (Å²) in [6, 6.07) is 6.11. The number of nitrogens with zero attached hydrogens (tertiary/aromatic N) is 2. The maximum Gasteiger partial charge on any atom is 0.125 e. The SMILES string of the molecule is CCN1CCN(C[C@@H](O)COc2c(C)cccc2C)CC1. The Bertz CT molecular complexity index is 422. The molecule has 0 aromatic heterocycles. The second-order valence-corrected chi connectivity index (χ2v) is 5.92. The predicted octanol–water partition coefficient (Wildman–Crippen LogP) is 1.68. The van der Waals surface area contributed by atoms with Gasteiger partial charge in [-0.1, -0.05) is 25.1 Å². The van der Waals surface area contributed by atoms with Crippen LogP contribution in [0.3, 0.4) is 0 Å². The molecule has 1 N–H and O–H groups in total. The Morgan fingerprint density at radius 3 is 2.24 bits per heavy atom. The standard InChI is InChI=1S/C17H28N2O2/c1-4-18-8-10-19(11-9-18)12-16(20)13-21-17-14(2)6-5-7-15(17)3/h5-7,16,20H,4,8-13H2,1-3H3/t16-/m1/s1. The number of benzene rings is 1. The number of aliphatic hydroxyl groups is 1. The third-order valence-corrected chi connectivity index (χ3v) is 4.21. The number of piperazine rings is 1. The molecular weight excluding hydrogens is 264 g/mol. The van der Waals surface area contributed by atoms with Crippen molar-refractivity contribution in [2.45, 2.75) is 26.9 Å². The number of hydrogen-bond donors (Lipinski definition) is 1. The van der Waals surface area contributed by atoms with Gasteiger partial charge in [0.15, 0.2) is 0 Å². The highest BCUT2D eigenvalue weighted by molar-refractivity contribution is 5.39. The average molecular weight is 292 g/mol. The third-order valence-electron chi connectivity index (χ3n) is 4.21. The molecule has 1 atom stereocenters. The van der Waals surface area contributed by atoms with E-state index in [4.69, 9.17) is 4.74 Å². The minimum atomic E-state index is -0.433. The van der Waals surface area contributed by atoms with Crippen molar-refractivity contribution < 1.29 is 9.84 Å². The van der Waals surface area contributed by atoms with Gasteiger partial charge in [-0.25, -0.2) is 0 Å². The maximum atomic E-state index is 10.2. The molecule has 0 radical (unpaired) electrons. The first-order valence-electron chi connectivity index (χ1n) is 7.92. The first-order chi connectivity index (χ1) is 10.1. The molecular formula is C17H28N2O2. The molecule has 1 aromatic carbocycles. The number of rotatable bonds is 6. The van der Waals surface area contributed by atoms with Gasteiger partial charge in [0.25, 0.3) is 0 Å². The molecule has 0 spiro atoms. The molecule has 0 unspecified atom stereocenters. The zero-order valence-electron chi connectivity index (χ0n) is 13.5. The zero-order valence-corrected chi connectivity index (χ0v) is 13.5. The number of aliphatic hydroxyl groups excluding tert-OH is 1. The van der Waals surface area contributed by atoms with Crippen molar-refractivity contribution in [1.29, 1.82) is 0 Å². The zero-order chi connectivity index (χ0) is 15.2. The maximum absolute atomic E-state index is 10.2. The Morgan fingerprint density at radius 1 is 1.10 bits per heavy atom. The van der Waals surface area contributed by atoms with E-state index in [1.54, 1.807) is 0 Å². The van der Waals surface area contributed by atoms with E-state index >= 15 is 0 Å². The number of ether oxygens (including phenoxy) is 1. The molecule has 1 aliphatic heterocycles. The fraction of sp³-hybridized carbons (Fsp3) is 0.647. The van der Waals surface area contributed by atoms with Gasteiger partial charge in [-0.15, -0.1) is 0 Å². The average Bonchev–Trinajstić information content (AvgIpc) is 2.47. The lowest BCUT2D eigenvalue weighted by Crippen LogP contribution is -2.49. The van der Waals surface area contributed by atoms with Gasteiger partial charge in [-0.3, -0.25) is 4.90 Å². The molecule has 0 aliphatic carbocycles. The van der Waals surface area contributed by atoms with Crippen LogP contribution in [0.15, 0.2) is 18.2 Å². The van der Waals surface area contributed by atoms with Crippen LogP contribution in [-0.2, 0) is 0 Å². The lowest BCUT2D eigenvalue weighted by molar-refractivity contribution is 0.0468. The largest absolute Gasteiger partial charge is 0.490 e. The van der Waals surface area contributed by atoms with E-state index in [2.05, 4.69) is 16.7 Å². The summed E-state index contributed by atoms with van der Waals surface area (Å²) >= 11 is 0. The van der Waals surface area contributed by atoms with Crippen molar-refractivity contribution in [3.05, 3.63) is 29.3 Å². The summed E-state index contributed by atoms with van der Waals surface area (Å²) in [6.45, 7) is 12.7. The number of aryl methyl sites for hydroxylation is 2. The van der Waals surface area contributed by atoms with Crippen LogP contribution < -0.4 is 4.74 Å². The molecule has 4 nitrogen and oxygen atoms in total. The quantitative estimate of drug-likeness (QED) is 0.865. The van der Waals surface area contributed by atoms with Crippen LogP contribution in [-0.4, -0.2) is 66.9 Å². The normalized spacial score (nSPS) is 18.7. The molecule has 1 heterocycles. The molecule has 0 saturated carbocycles. The van der Waals surface area contributed by atoms with Crippen LogP contribution in [0.25, 0.3) is 0 Å². The number of likely N-dealkylation sites (N-methyl/N-ethyl adjacent to an activating group) is 1. The smallest absolute Gasteiger partial charge is 0.125 e. The first-order valence-corrected chi connectivity index (χ1v) is 7.92. The van der Waals surface area contributed by atoms with E-state index in [-0.39, 0.29) is 0 Å². The fourth-order valence-electron chi connectivity index (χ4n) is 2.85. The Balaban J connectivity index is 1.76. The van der Waals surface area contributed by atoms with E-state index in [1.165, 1.54) is 0 Å². The molecule has 0 amide bonds. The van der Waals surface area contributed by atoms with E-state index in [9.17, 15) is 5.11 Å². The summed E-state index contributed by atoms with van der Waals surface area (Å²) in [5, 5.41) is 10.2. The molecule has 4 heteroatoms. The third kappa shape index (κ3) is 4.70. The van der Waals surface area contributed by atoms with Crippen LogP contribution in [0.1, 0.15) is 18.1 Å². The van der Waals surface area contributed by atoms with Gasteiger partial charge in [0.05, 0.1) is 0 Å². The summed E-state index contributed by atoms with van der Waals surface area (Å²) < 4.78 is 5.83. The van der Waals surface area contributed by atoms with Gasteiger partial charge in [-0.2, -0.15) is 0 Å². The topological polar surface area (TPSA) is 35.9 Å². The van der Waals surface area contributed by atoms with E-state index in [0.717, 1.165) is 49.6 Å². The van der Waals surface area contributed by atoms with Gasteiger partial charge in [0.2, 0.25) is 0 Å². The summed E-state index contributed by atoms with van der Waals surface area (Å²) in [4.78, 5) is 4.76. The minimum absolute atomic E-state index is 0.361. The Hall–Kier alpha value is -1.10. The lowest BCUT2D eigenvalue weighted by atomic mass is 10.1. The van der Waals surface area contributed by atoms with Gasteiger partial charge >= 0.3 is 0 Å². The van der Waals surface area contributed by atoms with Crippen molar-refractivity contribution in [2.24, 2.45) is 0 Å². The summed E-state index contributed by atoms with van der Waals surface area (Å²) in [6.07, 6.45) is -0.433. The molecule has 1 aromatic rings. The molecule has 118 valence electrons. The van der Waals surface area contributed by atoms with E-state index in [1.807, 2.05) is 32.0 Å². The van der Waals surface area contributed by atoms with Crippen LogP contribution in [0.4, 0.5) is 0 Å². The van der Waals surface area contributed by atoms with Crippen molar-refractivity contribution in [1.82, 2.24) is 9.80 Å². The van der Waals surface area contributed by atoms with Gasteiger partial charge in [0.1, 0.15) is 18.5 Å². The molecule has 1 fully saturated rings. The van der Waals surface area contributed by atoms with Crippen LogP contribution >= 0.6 is 0 Å². The highest BCUT2D eigenvalue weighted by Gasteiger charge is 2.18. The lowest BCUT2D eigenvalue weighted by Gasteiger charge is -2.34. The van der Waals surface area contributed by atoms with Crippen molar-refractivity contribution in [3.8, 4) is 5.75 Å². The number of β-amino-alcohol motifs (C(OH)–C–C–N with tert-alkyl or cyclic N) is 1. The predicted molar refractivity (Wildman–Crippen MR) is 86.0 cm³/mol. The highest BCUT2D eigenvalue weighted by Crippen LogP contribution is 2.22. The Kier molecular flexibility index (Phi) is 6.03. The van der Waals surface area contributed by atoms with Crippen LogP contribution in [0, 0.1) is 13.8 Å². The van der Waals surface area contributed by atoms with Crippen LogP contribution in [0.2, 0.25) is 0 Å². The summed E-state index contributed by atoms with van der Waals surface area (Å²) in [5.41, 5.74) is 2.25. The molecule has 2 rings (SSSR count). The molecule has 21 heavy (non-hydrogen) atoms. The second kappa shape index (κ2) is 7.78. The molecule has 1 saturated heterocycles. The number of para-hydroxylation sites is 1. The monoisotopic (exact) mass is 292 g/mol. The summed E-state index contributed by atoms with van der Waals surface area (Å²) in [5.74, 6) is 0.910. The first kappa shape index (κ1) is 16.3. The van der Waals surface area contributed by atoms with Gasteiger partial charge < -0.3 is 14.7 Å². The van der Waals surface area contributed by atoms with Crippen molar-refractivity contribution >= 4 is 0 Å². The minimum Gasteiger partial charge on any atom is -0.490 e. The fourth-order valence-corrected chi connectivity index (χ4v) is 2.85. The molecule has 1 aliphatic rings. The van der Waals surface area contributed by atoms with E-state index in [0.29, 0.717) is 13.2 Å². The number of hydrogen-bond acceptors (Lipinski definition) is 4. The van der Waals surface area contributed by atoms with Crippen molar-refractivity contribution in [3.63, 3.8) is 0 Å². The Labute approximate surface area is 128 Å². The van der Waals surface area contributed by atoms with Crippen molar-refractivity contribution in [2.75, 3.05) is 45.9 Å². The Morgan fingerprint density at radius 2 is 1.67 bits per heavy atom. The van der Waals surface area contributed by atoms with E-state index < -0.39 is 6.10 Å². The summed E-state index contributed by atoms with van der Waals surface area (Å²) in [7, 11) is 0. The van der Waals surface area contributed by atoms with Gasteiger partial charge in [-0.05, 0) is 31.5 Å². The second-order valence-electron chi connectivity index (χ2n) is 5.92. The van der Waals surface area contributed by atoms with Crippen LogP contribution in [0.5, 0.6) is 5.75 Å². The highest BCUT2D eigenvalue weighted by atomic mass is 16.5. The molecule has 0 bridgehead atoms.